The van der Waals surface area contributed by atoms with Crippen molar-refractivity contribution in [3.05, 3.63) is 94.5 Å². The van der Waals surface area contributed by atoms with Crippen LogP contribution in [0.1, 0.15) is 65.7 Å². The van der Waals surface area contributed by atoms with Gasteiger partial charge in [-0.2, -0.15) is 0 Å². The Morgan fingerprint density at radius 2 is 1.74 bits per heavy atom. The lowest BCUT2D eigenvalue weighted by Gasteiger charge is -2.34. The number of rotatable bonds is 6. The fourth-order valence-corrected chi connectivity index (χ4v) is 5.46. The molecule has 0 spiro atoms. The van der Waals surface area contributed by atoms with Crippen LogP contribution < -0.4 is 16.4 Å². The monoisotopic (exact) mass is 524 g/mol. The normalized spacial score (nSPS) is 18.2. The van der Waals surface area contributed by atoms with Crippen molar-refractivity contribution in [2.24, 2.45) is 11.7 Å². The molecule has 1 heterocycles. The number of benzene rings is 3. The van der Waals surface area contributed by atoms with Crippen LogP contribution in [-0.2, 0) is 24.3 Å². The number of hydrogen-bond donors (Lipinski definition) is 3. The maximum absolute atomic E-state index is 13.0. The third-order valence-electron chi connectivity index (χ3n) is 7.54. The topological polar surface area (TPSA) is 105 Å². The van der Waals surface area contributed by atoms with Gasteiger partial charge in [0.15, 0.2) is 0 Å². The van der Waals surface area contributed by atoms with E-state index in [1.165, 1.54) is 5.56 Å². The predicted octanol–water partition coefficient (Wildman–Crippen LogP) is 4.74. The van der Waals surface area contributed by atoms with Gasteiger partial charge in [-0.25, -0.2) is 4.79 Å². The molecule has 0 aromatic heterocycles. The molecule has 0 radical (unpaired) electrons. The summed E-state index contributed by atoms with van der Waals surface area (Å²) >= 11 is 0. The van der Waals surface area contributed by atoms with E-state index in [2.05, 4.69) is 28.8 Å². The van der Waals surface area contributed by atoms with Gasteiger partial charge in [0.2, 0.25) is 11.8 Å². The van der Waals surface area contributed by atoms with Gasteiger partial charge < -0.3 is 21.3 Å². The zero-order valence-electron chi connectivity index (χ0n) is 22.8. The largest absolute Gasteiger partial charge is 0.366 e. The third-order valence-corrected chi connectivity index (χ3v) is 7.54. The first-order chi connectivity index (χ1) is 18.6. The summed E-state index contributed by atoms with van der Waals surface area (Å²) in [6.45, 7) is 7.32. The number of nitrogens with one attached hydrogen (secondary N) is 2. The molecule has 4 amide bonds. The minimum absolute atomic E-state index is 0.00639. The van der Waals surface area contributed by atoms with Gasteiger partial charge in [-0.1, -0.05) is 54.6 Å². The Bertz CT molecular complexity index is 1410. The van der Waals surface area contributed by atoms with E-state index in [1.54, 1.807) is 6.07 Å². The van der Waals surface area contributed by atoms with E-state index < -0.39 is 5.91 Å². The van der Waals surface area contributed by atoms with Gasteiger partial charge in [-0.3, -0.25) is 9.59 Å². The maximum Gasteiger partial charge on any atom is 0.318 e. The quantitative estimate of drug-likeness (QED) is 0.434. The van der Waals surface area contributed by atoms with Gasteiger partial charge in [0.05, 0.1) is 0 Å². The minimum Gasteiger partial charge on any atom is -0.366 e. The molecule has 3 aromatic carbocycles. The van der Waals surface area contributed by atoms with Crippen molar-refractivity contribution in [3.63, 3.8) is 0 Å². The van der Waals surface area contributed by atoms with E-state index in [0.29, 0.717) is 31.6 Å². The highest BCUT2D eigenvalue weighted by Gasteiger charge is 2.43. The smallest absolute Gasteiger partial charge is 0.318 e. The lowest BCUT2D eigenvalue weighted by Crippen LogP contribution is -2.50. The van der Waals surface area contributed by atoms with E-state index in [9.17, 15) is 14.4 Å². The molecule has 1 aliphatic carbocycles. The fourth-order valence-electron chi connectivity index (χ4n) is 5.46. The van der Waals surface area contributed by atoms with E-state index in [-0.39, 0.29) is 29.3 Å². The van der Waals surface area contributed by atoms with Gasteiger partial charge >= 0.3 is 6.03 Å². The third kappa shape index (κ3) is 5.98. The molecular weight excluding hydrogens is 488 g/mol. The Labute approximate surface area is 229 Å². The zero-order valence-corrected chi connectivity index (χ0v) is 22.8. The Balaban J connectivity index is 1.40. The molecule has 0 bridgehead atoms. The summed E-state index contributed by atoms with van der Waals surface area (Å²) < 4.78 is 0. The fraction of sp³-hybridized carbons (Fsp3) is 0.344. The van der Waals surface area contributed by atoms with Crippen LogP contribution in [0, 0.1) is 5.92 Å². The molecule has 2 atom stereocenters. The molecule has 1 saturated carbocycles. The van der Waals surface area contributed by atoms with Crippen molar-refractivity contribution in [3.8, 4) is 11.1 Å². The number of amides is 4. The summed E-state index contributed by atoms with van der Waals surface area (Å²) in [5, 5.41) is 6.22. The van der Waals surface area contributed by atoms with Crippen molar-refractivity contribution >= 4 is 17.8 Å². The number of primary amides is 1. The van der Waals surface area contributed by atoms with Gasteiger partial charge in [-0.05, 0) is 85.0 Å². The number of fused-ring (bicyclic) bond motifs is 1. The van der Waals surface area contributed by atoms with Gasteiger partial charge in [0.25, 0.3) is 0 Å². The van der Waals surface area contributed by atoms with Crippen LogP contribution >= 0.6 is 0 Å². The zero-order chi connectivity index (χ0) is 27.7. The predicted molar refractivity (Wildman–Crippen MR) is 152 cm³/mol. The summed E-state index contributed by atoms with van der Waals surface area (Å²) in [6.07, 6.45) is 1.54. The Hall–Kier alpha value is -4.13. The number of hydrogen-bond acceptors (Lipinski definition) is 3. The van der Waals surface area contributed by atoms with Crippen molar-refractivity contribution in [2.45, 2.75) is 58.2 Å². The summed E-state index contributed by atoms with van der Waals surface area (Å²) in [7, 11) is 0. The van der Waals surface area contributed by atoms with Crippen molar-refractivity contribution in [1.29, 1.82) is 0 Å². The number of nitrogens with two attached hydrogens (primary N) is 1. The average Bonchev–Trinajstić information content (AvgIpc) is 3.72. The summed E-state index contributed by atoms with van der Waals surface area (Å²) in [5.74, 6) is -0.136. The molecule has 39 heavy (non-hydrogen) atoms. The van der Waals surface area contributed by atoms with Crippen LogP contribution in [-0.4, -0.2) is 34.8 Å². The van der Waals surface area contributed by atoms with Gasteiger partial charge in [0, 0.05) is 36.7 Å². The Morgan fingerprint density at radius 1 is 0.974 bits per heavy atom. The Morgan fingerprint density at radius 3 is 2.46 bits per heavy atom. The van der Waals surface area contributed by atoms with Crippen LogP contribution in [0.2, 0.25) is 0 Å². The second kappa shape index (κ2) is 10.6. The summed E-state index contributed by atoms with van der Waals surface area (Å²) in [6, 6.07) is 21.5. The number of urea groups is 1. The molecule has 1 unspecified atom stereocenters. The average molecular weight is 525 g/mol. The number of carbonyl (C=O) groups excluding carboxylic acids is 3. The summed E-state index contributed by atoms with van der Waals surface area (Å²) in [4.78, 5) is 39.7. The SMILES string of the molecule is CC(C)(C)NC(=O)N1CCc2c(-c3cccc(C(N)=O)c3)ccc(CNC(=O)C3C[C@H]3c3ccccc3)c2C1. The molecule has 0 saturated heterocycles. The van der Waals surface area contributed by atoms with Gasteiger partial charge in [0.1, 0.15) is 0 Å². The highest BCUT2D eigenvalue weighted by atomic mass is 16.2. The number of carbonyl (C=O) groups is 3. The molecule has 202 valence electrons. The standard InChI is InChI=1S/C32H36N4O3/c1-32(2,3)35-31(39)36-15-14-25-24(21-10-7-11-22(16-21)29(33)37)13-12-23(28(25)19-36)18-34-30(38)27-17-26(27)20-8-5-4-6-9-20/h4-13,16,26-27H,14-15,17-19H2,1-3H3,(H2,33,37)(H,34,38)(H,35,39)/t26-,27?/m0/s1. The second-order valence-electron chi connectivity index (χ2n) is 11.6. The minimum atomic E-state index is -0.469. The molecule has 7 heteroatoms. The Kier molecular flexibility index (Phi) is 7.17. The molecule has 4 N–H and O–H groups in total. The maximum atomic E-state index is 13.0. The van der Waals surface area contributed by atoms with E-state index in [1.807, 2.05) is 68.1 Å². The lowest BCUT2D eigenvalue weighted by molar-refractivity contribution is -0.122. The highest BCUT2D eigenvalue weighted by molar-refractivity contribution is 5.94. The molecule has 1 aliphatic heterocycles. The van der Waals surface area contributed by atoms with Crippen LogP contribution in [0.4, 0.5) is 4.79 Å². The van der Waals surface area contributed by atoms with Gasteiger partial charge in [-0.15, -0.1) is 0 Å². The number of nitrogens with zero attached hydrogens (tertiary/aromatic N) is 1. The lowest BCUT2D eigenvalue weighted by atomic mass is 9.87. The first-order valence-electron chi connectivity index (χ1n) is 13.5. The molecule has 2 aliphatic rings. The van der Waals surface area contributed by atoms with Crippen LogP contribution in [0.3, 0.4) is 0 Å². The molecule has 7 nitrogen and oxygen atoms in total. The van der Waals surface area contributed by atoms with E-state index >= 15 is 0 Å². The van der Waals surface area contributed by atoms with Crippen molar-refractivity contribution in [2.75, 3.05) is 6.54 Å². The van der Waals surface area contributed by atoms with Crippen LogP contribution in [0.5, 0.6) is 0 Å². The second-order valence-corrected chi connectivity index (χ2v) is 11.6. The first kappa shape index (κ1) is 26.5. The van der Waals surface area contributed by atoms with Crippen molar-refractivity contribution < 1.29 is 14.4 Å². The molecule has 1 fully saturated rings. The molecule has 3 aromatic rings. The molecule has 5 rings (SSSR count). The molecular formula is C32H36N4O3. The van der Waals surface area contributed by atoms with E-state index in [0.717, 1.165) is 34.2 Å². The summed E-state index contributed by atoms with van der Waals surface area (Å²) in [5.41, 5.74) is 12.0. The van der Waals surface area contributed by atoms with Crippen molar-refractivity contribution in [1.82, 2.24) is 15.5 Å². The van der Waals surface area contributed by atoms with Crippen LogP contribution in [0.15, 0.2) is 66.7 Å². The highest BCUT2D eigenvalue weighted by Crippen LogP contribution is 2.47. The first-order valence-corrected chi connectivity index (χ1v) is 13.5. The van der Waals surface area contributed by atoms with E-state index in [4.69, 9.17) is 5.73 Å². The van der Waals surface area contributed by atoms with Crippen LogP contribution in [0.25, 0.3) is 11.1 Å².